The zero-order valence-corrected chi connectivity index (χ0v) is 15.3. The minimum absolute atomic E-state index is 0.851. The van der Waals surface area contributed by atoms with Gasteiger partial charge in [0.15, 0.2) is 0 Å². The van der Waals surface area contributed by atoms with E-state index in [9.17, 15) is 0 Å². The highest BCUT2D eigenvalue weighted by Gasteiger charge is 2.05. The van der Waals surface area contributed by atoms with Crippen LogP contribution < -0.4 is 0 Å². The van der Waals surface area contributed by atoms with E-state index in [-0.39, 0.29) is 0 Å². The first-order chi connectivity index (χ1) is 13.2. The van der Waals surface area contributed by atoms with E-state index in [0.717, 1.165) is 33.6 Å². The Hall–Kier alpha value is -3.52. The Kier molecular flexibility index (Phi) is 4.63. The molecule has 0 spiro atoms. The molecule has 2 nitrogen and oxygen atoms in total. The monoisotopic (exact) mass is 348 g/mol. The zero-order chi connectivity index (χ0) is 18.6. The molecule has 0 saturated heterocycles. The van der Waals surface area contributed by atoms with Gasteiger partial charge in [-0.05, 0) is 47.9 Å². The maximum absolute atomic E-state index is 4.77. The highest BCUT2D eigenvalue weighted by Crippen LogP contribution is 2.22. The van der Waals surface area contributed by atoms with Crippen LogP contribution >= 0.6 is 0 Å². The molecule has 2 heterocycles. The smallest absolute Gasteiger partial charge is 0.0894 e. The van der Waals surface area contributed by atoms with Crippen molar-refractivity contribution in [2.45, 2.75) is 6.92 Å². The molecule has 0 bridgehead atoms. The summed E-state index contributed by atoms with van der Waals surface area (Å²) in [7, 11) is 0. The van der Waals surface area contributed by atoms with Crippen LogP contribution in [0, 0.1) is 6.92 Å². The first-order valence-corrected chi connectivity index (χ1v) is 8.97. The Morgan fingerprint density at radius 2 is 1.56 bits per heavy atom. The van der Waals surface area contributed by atoms with E-state index in [0.29, 0.717) is 0 Å². The third-order valence-corrected chi connectivity index (χ3v) is 4.59. The molecule has 2 aromatic heterocycles. The number of hydrogen-bond donors (Lipinski definition) is 0. The molecule has 27 heavy (non-hydrogen) atoms. The average Bonchev–Trinajstić information content (AvgIpc) is 2.72. The summed E-state index contributed by atoms with van der Waals surface area (Å²) in [5.41, 5.74) is 6.85. The highest BCUT2D eigenvalue weighted by atomic mass is 14.8. The lowest BCUT2D eigenvalue weighted by molar-refractivity contribution is 1.25. The van der Waals surface area contributed by atoms with Crippen LogP contribution in [0.4, 0.5) is 0 Å². The second-order valence-electron chi connectivity index (χ2n) is 6.51. The van der Waals surface area contributed by atoms with Gasteiger partial charge in [-0.15, -0.1) is 0 Å². The van der Waals surface area contributed by atoms with Gasteiger partial charge in [0.2, 0.25) is 0 Å². The van der Waals surface area contributed by atoms with Crippen molar-refractivity contribution in [2.75, 3.05) is 0 Å². The average molecular weight is 348 g/mol. The molecule has 0 N–H and O–H groups in total. The van der Waals surface area contributed by atoms with E-state index < -0.39 is 0 Å². The summed E-state index contributed by atoms with van der Waals surface area (Å²) < 4.78 is 0. The molecule has 2 aromatic carbocycles. The molecule has 0 atom stereocenters. The van der Waals surface area contributed by atoms with Crippen molar-refractivity contribution in [3.63, 3.8) is 0 Å². The molecule has 0 radical (unpaired) electrons. The summed E-state index contributed by atoms with van der Waals surface area (Å²) >= 11 is 0. The van der Waals surface area contributed by atoms with Gasteiger partial charge in [0.1, 0.15) is 0 Å². The molecule has 4 aromatic rings. The summed E-state index contributed by atoms with van der Waals surface area (Å²) in [6.45, 7) is 6.29. The largest absolute Gasteiger partial charge is 0.246 e. The number of aryl methyl sites for hydroxylation is 1. The quantitative estimate of drug-likeness (QED) is 0.403. The predicted molar refractivity (Wildman–Crippen MR) is 114 cm³/mol. The third-order valence-electron chi connectivity index (χ3n) is 4.59. The van der Waals surface area contributed by atoms with Crippen molar-refractivity contribution >= 4 is 22.6 Å². The first-order valence-electron chi connectivity index (χ1n) is 8.97. The standard InChI is InChI=1S/C25H20N2/c1-18-8-3-4-9-20(18)15-14-19(2)22-12-7-13-24(26-22)25-17-16-21-10-5-6-11-23(21)27-25/h3-17H,2H2,1H3/b15-14-. The fraction of sp³-hybridized carbons (Fsp3) is 0.0400. The summed E-state index contributed by atoms with van der Waals surface area (Å²) in [6, 6.07) is 26.5. The van der Waals surface area contributed by atoms with Crippen molar-refractivity contribution in [2.24, 2.45) is 0 Å². The molecule has 0 aliphatic heterocycles. The van der Waals surface area contributed by atoms with E-state index in [1.807, 2.05) is 60.7 Å². The number of aromatic nitrogens is 2. The fourth-order valence-corrected chi connectivity index (χ4v) is 3.01. The SMILES string of the molecule is C=C(/C=C\c1ccccc1C)c1cccc(-c2ccc3ccccc3n2)n1. The zero-order valence-electron chi connectivity index (χ0n) is 15.3. The minimum atomic E-state index is 0.851. The lowest BCUT2D eigenvalue weighted by Crippen LogP contribution is -1.92. The number of nitrogens with zero attached hydrogens (tertiary/aromatic N) is 2. The summed E-state index contributed by atoms with van der Waals surface area (Å²) in [5, 5.41) is 1.13. The second kappa shape index (κ2) is 7.38. The molecule has 0 amide bonds. The van der Waals surface area contributed by atoms with E-state index >= 15 is 0 Å². The Labute approximate surface area is 159 Å². The van der Waals surface area contributed by atoms with Gasteiger partial charge in [0, 0.05) is 5.39 Å². The van der Waals surface area contributed by atoms with E-state index in [1.54, 1.807) is 0 Å². The number of rotatable bonds is 4. The van der Waals surface area contributed by atoms with Gasteiger partial charge in [0.25, 0.3) is 0 Å². The predicted octanol–water partition coefficient (Wildman–Crippen LogP) is 6.33. The first kappa shape index (κ1) is 16.9. The number of allylic oxidation sites excluding steroid dienone is 2. The molecule has 0 aliphatic carbocycles. The van der Waals surface area contributed by atoms with Gasteiger partial charge in [-0.25, -0.2) is 9.97 Å². The number of para-hydroxylation sites is 1. The van der Waals surface area contributed by atoms with Gasteiger partial charge in [-0.3, -0.25) is 0 Å². The van der Waals surface area contributed by atoms with Crippen LogP contribution in [-0.2, 0) is 0 Å². The molecule has 4 rings (SSSR count). The Bertz CT molecular complexity index is 1160. The van der Waals surface area contributed by atoms with Crippen molar-refractivity contribution in [3.8, 4) is 11.4 Å². The number of fused-ring (bicyclic) bond motifs is 1. The maximum Gasteiger partial charge on any atom is 0.0894 e. The van der Waals surface area contributed by atoms with Gasteiger partial charge >= 0.3 is 0 Å². The van der Waals surface area contributed by atoms with Gasteiger partial charge in [-0.1, -0.05) is 73.3 Å². The molecule has 130 valence electrons. The lowest BCUT2D eigenvalue weighted by Gasteiger charge is -2.06. The molecular weight excluding hydrogens is 328 g/mol. The second-order valence-corrected chi connectivity index (χ2v) is 6.51. The highest BCUT2D eigenvalue weighted by molar-refractivity contribution is 5.81. The van der Waals surface area contributed by atoms with E-state index in [4.69, 9.17) is 9.97 Å². The van der Waals surface area contributed by atoms with Crippen LogP contribution in [0.25, 0.3) is 33.9 Å². The molecule has 0 saturated carbocycles. The van der Waals surface area contributed by atoms with Gasteiger partial charge in [0.05, 0.1) is 22.6 Å². The lowest BCUT2D eigenvalue weighted by atomic mass is 10.1. The topological polar surface area (TPSA) is 25.8 Å². The maximum atomic E-state index is 4.77. The Morgan fingerprint density at radius 1 is 0.778 bits per heavy atom. The van der Waals surface area contributed by atoms with Gasteiger partial charge < -0.3 is 0 Å². The molecule has 2 heteroatoms. The number of benzene rings is 2. The Morgan fingerprint density at radius 3 is 2.44 bits per heavy atom. The number of pyridine rings is 2. The van der Waals surface area contributed by atoms with Crippen LogP contribution in [-0.4, -0.2) is 9.97 Å². The van der Waals surface area contributed by atoms with Gasteiger partial charge in [-0.2, -0.15) is 0 Å². The summed E-state index contributed by atoms with van der Waals surface area (Å²) in [4.78, 5) is 9.51. The summed E-state index contributed by atoms with van der Waals surface area (Å²) in [6.07, 6.45) is 4.10. The van der Waals surface area contributed by atoms with Crippen molar-refractivity contribution in [1.29, 1.82) is 0 Å². The normalized spacial score (nSPS) is 11.1. The molecular formula is C25H20N2. The van der Waals surface area contributed by atoms with Crippen LogP contribution in [0.15, 0.2) is 91.5 Å². The minimum Gasteiger partial charge on any atom is -0.246 e. The molecule has 0 aliphatic rings. The van der Waals surface area contributed by atoms with E-state index in [2.05, 4.69) is 43.8 Å². The Balaban J connectivity index is 1.63. The van der Waals surface area contributed by atoms with Crippen molar-refractivity contribution in [3.05, 3.63) is 108 Å². The van der Waals surface area contributed by atoms with Crippen LogP contribution in [0.1, 0.15) is 16.8 Å². The third kappa shape index (κ3) is 3.70. The fourth-order valence-electron chi connectivity index (χ4n) is 3.01. The van der Waals surface area contributed by atoms with Crippen molar-refractivity contribution in [1.82, 2.24) is 9.97 Å². The van der Waals surface area contributed by atoms with Crippen LogP contribution in [0.5, 0.6) is 0 Å². The van der Waals surface area contributed by atoms with Crippen molar-refractivity contribution < 1.29 is 0 Å². The molecule has 0 fully saturated rings. The summed E-state index contributed by atoms with van der Waals surface area (Å²) in [5.74, 6) is 0. The van der Waals surface area contributed by atoms with Crippen LogP contribution in [0.3, 0.4) is 0 Å². The number of hydrogen-bond acceptors (Lipinski definition) is 2. The van der Waals surface area contributed by atoms with E-state index in [1.165, 1.54) is 11.1 Å². The molecule has 0 unspecified atom stereocenters. The van der Waals surface area contributed by atoms with Crippen LogP contribution in [0.2, 0.25) is 0 Å².